The number of rotatable bonds is 8. The first-order valence-corrected chi connectivity index (χ1v) is 11.1. The third kappa shape index (κ3) is 4.83. The van der Waals surface area contributed by atoms with E-state index in [4.69, 9.17) is 0 Å². The van der Waals surface area contributed by atoms with Crippen LogP contribution in [0.25, 0.3) is 0 Å². The molecule has 0 aromatic heterocycles. The zero-order chi connectivity index (χ0) is 21.9. The van der Waals surface area contributed by atoms with Crippen molar-refractivity contribution in [3.63, 3.8) is 0 Å². The van der Waals surface area contributed by atoms with Crippen LogP contribution in [0.1, 0.15) is 36.9 Å². The summed E-state index contributed by atoms with van der Waals surface area (Å²) in [6.07, 6.45) is 0.211. The van der Waals surface area contributed by atoms with Crippen LogP contribution in [-0.2, 0) is 24.4 Å². The molecule has 0 saturated carbocycles. The molecule has 1 saturated heterocycles. The monoisotopic (exact) mass is 428 g/mol. The largest absolute Gasteiger partial charge is 0.300 e. The average Bonchev–Trinajstić information content (AvgIpc) is 3.03. The quantitative estimate of drug-likeness (QED) is 0.651. The maximum atomic E-state index is 13.1. The molecule has 0 bridgehead atoms. The topological polar surface area (TPSA) is 101 Å². The van der Waals surface area contributed by atoms with Crippen molar-refractivity contribution in [1.29, 1.82) is 0 Å². The van der Waals surface area contributed by atoms with Gasteiger partial charge in [-0.2, -0.15) is 0 Å². The van der Waals surface area contributed by atoms with Gasteiger partial charge in [0.15, 0.2) is 0 Å². The highest BCUT2D eigenvalue weighted by Crippen LogP contribution is 2.28. The van der Waals surface area contributed by atoms with E-state index in [1.807, 2.05) is 6.92 Å². The third-order valence-electron chi connectivity index (χ3n) is 5.23. The Hall–Kier alpha value is -2.84. The summed E-state index contributed by atoms with van der Waals surface area (Å²) in [6, 6.07) is 14.1. The van der Waals surface area contributed by atoms with Gasteiger partial charge in [0.1, 0.15) is 5.78 Å². The number of nitrogens with one attached hydrogen (secondary N) is 1. The normalized spacial score (nSPS) is 16.5. The van der Waals surface area contributed by atoms with E-state index >= 15 is 0 Å². The highest BCUT2D eigenvalue weighted by molar-refractivity contribution is 7.89. The molecule has 2 amide bonds. The number of hydrogen-bond acceptors (Lipinski definition) is 5. The molecule has 30 heavy (non-hydrogen) atoms. The Morgan fingerprint density at radius 3 is 2.10 bits per heavy atom. The Morgan fingerprint density at radius 2 is 1.57 bits per heavy atom. The van der Waals surface area contributed by atoms with Crippen LogP contribution >= 0.6 is 0 Å². The lowest BCUT2D eigenvalue weighted by atomic mass is 9.90. The second kappa shape index (κ2) is 8.89. The number of hydrogen-bond donors (Lipinski definition) is 1. The van der Waals surface area contributed by atoms with Crippen molar-refractivity contribution >= 4 is 27.6 Å². The smallest absolute Gasteiger partial charge is 0.241 e. The van der Waals surface area contributed by atoms with Crippen LogP contribution < -0.4 is 4.72 Å². The molecule has 7 nitrogen and oxygen atoms in total. The van der Waals surface area contributed by atoms with Gasteiger partial charge in [-0.3, -0.25) is 19.3 Å². The maximum Gasteiger partial charge on any atom is 0.241 e. The minimum Gasteiger partial charge on any atom is -0.300 e. The number of nitrogens with zero attached hydrogens (tertiary/aromatic N) is 1. The number of carbonyl (C=O) groups is 3. The summed E-state index contributed by atoms with van der Waals surface area (Å²) in [6.45, 7) is 3.03. The first kappa shape index (κ1) is 21.9. The Bertz CT molecular complexity index is 1030. The summed E-state index contributed by atoms with van der Waals surface area (Å²) >= 11 is 0. The fourth-order valence-corrected chi connectivity index (χ4v) is 4.75. The predicted molar refractivity (Wildman–Crippen MR) is 111 cm³/mol. The first-order chi connectivity index (χ1) is 14.2. The molecule has 158 valence electrons. The molecule has 1 heterocycles. The molecule has 3 rings (SSSR count). The second-order valence-electron chi connectivity index (χ2n) is 7.44. The van der Waals surface area contributed by atoms with Crippen LogP contribution in [0.3, 0.4) is 0 Å². The van der Waals surface area contributed by atoms with Gasteiger partial charge in [-0.05, 0) is 31.5 Å². The van der Waals surface area contributed by atoms with Crippen LogP contribution in [0, 0.1) is 12.8 Å². The molecular weight excluding hydrogens is 404 g/mol. The SMILES string of the molecule is CC(=O)[C@H](CN1C(=O)CCC1=O)[C@H](NS(=O)(=O)c1ccc(C)cc1)c1ccccc1. The van der Waals surface area contributed by atoms with Crippen LogP contribution in [0.5, 0.6) is 0 Å². The zero-order valence-corrected chi connectivity index (χ0v) is 17.7. The van der Waals surface area contributed by atoms with E-state index in [9.17, 15) is 22.8 Å². The summed E-state index contributed by atoms with van der Waals surface area (Å²) < 4.78 is 28.7. The van der Waals surface area contributed by atoms with Crippen molar-refractivity contribution in [2.45, 2.75) is 37.6 Å². The lowest BCUT2D eigenvalue weighted by molar-refractivity contribution is -0.139. The number of ketones is 1. The number of likely N-dealkylation sites (tertiary alicyclic amines) is 1. The van der Waals surface area contributed by atoms with Gasteiger partial charge in [0.2, 0.25) is 21.8 Å². The molecule has 0 spiro atoms. The number of benzene rings is 2. The van der Waals surface area contributed by atoms with Crippen molar-refractivity contribution in [2.75, 3.05) is 6.54 Å². The van der Waals surface area contributed by atoms with Crippen LogP contribution in [0.4, 0.5) is 0 Å². The number of aryl methyl sites for hydroxylation is 1. The van der Waals surface area contributed by atoms with Crippen molar-refractivity contribution in [1.82, 2.24) is 9.62 Å². The number of Topliss-reactive ketones (excluding diaryl/α,β-unsaturated/α-hetero) is 1. The Labute approximate surface area is 176 Å². The average molecular weight is 429 g/mol. The van der Waals surface area contributed by atoms with Crippen molar-refractivity contribution < 1.29 is 22.8 Å². The molecule has 1 aliphatic rings. The van der Waals surface area contributed by atoms with Crippen LogP contribution in [0.15, 0.2) is 59.5 Å². The Balaban J connectivity index is 1.98. The molecule has 1 aliphatic heterocycles. The van der Waals surface area contributed by atoms with Gasteiger partial charge in [0.25, 0.3) is 0 Å². The lowest BCUT2D eigenvalue weighted by Crippen LogP contribution is -2.44. The molecule has 0 aliphatic carbocycles. The van der Waals surface area contributed by atoms with Gasteiger partial charge < -0.3 is 0 Å². The Kier molecular flexibility index (Phi) is 6.48. The molecule has 2 aromatic rings. The molecule has 1 N–H and O–H groups in total. The standard InChI is InChI=1S/C22H24N2O5S/c1-15-8-10-18(11-9-15)30(28,29)23-22(17-6-4-3-5-7-17)19(16(2)25)14-24-20(26)12-13-21(24)27/h3-11,19,22-23H,12-14H2,1-2H3/t19-,22+/m0/s1. The second-order valence-corrected chi connectivity index (χ2v) is 9.15. The van der Waals surface area contributed by atoms with E-state index in [0.717, 1.165) is 10.5 Å². The molecule has 0 unspecified atom stereocenters. The third-order valence-corrected chi connectivity index (χ3v) is 6.69. The maximum absolute atomic E-state index is 13.1. The van der Waals surface area contributed by atoms with E-state index < -0.39 is 22.0 Å². The fourth-order valence-electron chi connectivity index (χ4n) is 3.49. The molecular formula is C22H24N2O5S. The number of carbonyl (C=O) groups excluding carboxylic acids is 3. The summed E-state index contributed by atoms with van der Waals surface area (Å²) in [7, 11) is -3.95. The number of sulfonamides is 1. The van der Waals surface area contributed by atoms with E-state index in [0.29, 0.717) is 5.56 Å². The van der Waals surface area contributed by atoms with Gasteiger partial charge >= 0.3 is 0 Å². The minimum atomic E-state index is -3.95. The van der Waals surface area contributed by atoms with Gasteiger partial charge in [0.05, 0.1) is 16.9 Å². The van der Waals surface area contributed by atoms with Gasteiger partial charge in [-0.15, -0.1) is 0 Å². The van der Waals surface area contributed by atoms with Gasteiger partial charge in [-0.1, -0.05) is 48.0 Å². The molecule has 0 radical (unpaired) electrons. The van der Waals surface area contributed by atoms with Gasteiger partial charge in [-0.25, -0.2) is 13.1 Å². The Morgan fingerprint density at radius 1 is 1.00 bits per heavy atom. The van der Waals surface area contributed by atoms with Crippen molar-refractivity contribution in [2.24, 2.45) is 5.92 Å². The fraction of sp³-hybridized carbons (Fsp3) is 0.318. The molecule has 8 heteroatoms. The van der Waals surface area contributed by atoms with E-state index in [1.54, 1.807) is 42.5 Å². The number of imide groups is 1. The summed E-state index contributed by atoms with van der Waals surface area (Å²) in [4.78, 5) is 37.9. The summed E-state index contributed by atoms with van der Waals surface area (Å²) in [5.74, 6) is -1.93. The first-order valence-electron chi connectivity index (χ1n) is 9.66. The zero-order valence-electron chi connectivity index (χ0n) is 16.9. The lowest BCUT2D eigenvalue weighted by Gasteiger charge is -2.29. The predicted octanol–water partition coefficient (Wildman–Crippen LogP) is 2.37. The number of amides is 2. The van der Waals surface area contributed by atoms with Gasteiger partial charge in [0, 0.05) is 19.4 Å². The molecule has 1 fully saturated rings. The highest BCUT2D eigenvalue weighted by atomic mass is 32.2. The van der Waals surface area contributed by atoms with Crippen molar-refractivity contribution in [3.8, 4) is 0 Å². The van der Waals surface area contributed by atoms with Crippen LogP contribution in [-0.4, -0.2) is 37.5 Å². The molecule has 2 atom stereocenters. The van der Waals surface area contributed by atoms with Crippen LogP contribution in [0.2, 0.25) is 0 Å². The van der Waals surface area contributed by atoms with E-state index in [1.165, 1.54) is 19.1 Å². The highest BCUT2D eigenvalue weighted by Gasteiger charge is 2.37. The summed E-state index contributed by atoms with van der Waals surface area (Å²) in [5, 5.41) is 0. The minimum absolute atomic E-state index is 0.0738. The summed E-state index contributed by atoms with van der Waals surface area (Å²) in [5.41, 5.74) is 1.49. The van der Waals surface area contributed by atoms with E-state index in [-0.39, 0.29) is 41.9 Å². The molecule has 2 aromatic carbocycles. The van der Waals surface area contributed by atoms with Crippen molar-refractivity contribution in [3.05, 3.63) is 65.7 Å². The van der Waals surface area contributed by atoms with E-state index in [2.05, 4.69) is 4.72 Å².